The van der Waals surface area contributed by atoms with Gasteiger partial charge in [-0.05, 0) is 12.5 Å². The Labute approximate surface area is 176 Å². The van der Waals surface area contributed by atoms with Crippen molar-refractivity contribution in [3.8, 4) is 11.6 Å². The van der Waals surface area contributed by atoms with Crippen molar-refractivity contribution < 1.29 is 9.47 Å². The largest absolute Gasteiger partial charge is 0.476 e. The minimum Gasteiger partial charge on any atom is -0.476 e. The van der Waals surface area contributed by atoms with E-state index >= 15 is 0 Å². The van der Waals surface area contributed by atoms with Crippen LogP contribution in [0.1, 0.15) is 11.1 Å². The Balaban J connectivity index is 1.45. The minimum atomic E-state index is 0.506. The van der Waals surface area contributed by atoms with Crippen LogP contribution in [0.15, 0.2) is 65.3 Å². The molecule has 1 aromatic carbocycles. The molecule has 0 aliphatic carbocycles. The van der Waals surface area contributed by atoms with Gasteiger partial charge in [-0.15, -0.1) is 5.11 Å². The van der Waals surface area contributed by atoms with Crippen LogP contribution in [0.3, 0.4) is 0 Å². The maximum absolute atomic E-state index is 5.94. The van der Waals surface area contributed by atoms with Crippen LogP contribution in [-0.4, -0.2) is 58.9 Å². The first kappa shape index (κ1) is 20.2. The van der Waals surface area contributed by atoms with Crippen molar-refractivity contribution in [2.24, 2.45) is 10.2 Å². The van der Waals surface area contributed by atoms with Crippen LogP contribution in [0.25, 0.3) is 5.69 Å². The smallest absolute Gasteiger partial charge is 0.217 e. The van der Waals surface area contributed by atoms with E-state index in [2.05, 4.69) is 44.2 Å². The molecule has 0 atom stereocenters. The molecule has 0 bridgehead atoms. The highest BCUT2D eigenvalue weighted by atomic mass is 16.5. The number of rotatable bonds is 8. The summed E-state index contributed by atoms with van der Waals surface area (Å²) in [5.41, 5.74) is 3.21. The lowest BCUT2D eigenvalue weighted by Gasteiger charge is -2.26. The zero-order valence-corrected chi connectivity index (χ0v) is 17.1. The number of aryl methyl sites for hydroxylation is 1. The molecule has 4 rings (SSSR count). The summed E-state index contributed by atoms with van der Waals surface area (Å²) in [6.07, 6.45) is 5.35. The highest BCUT2D eigenvalue weighted by Crippen LogP contribution is 2.22. The summed E-state index contributed by atoms with van der Waals surface area (Å²) in [7, 11) is 0. The molecular weight excluding hydrogens is 380 g/mol. The molecule has 8 heteroatoms. The molecule has 0 unspecified atom stereocenters. The van der Waals surface area contributed by atoms with Crippen LogP contribution < -0.4 is 4.74 Å². The molecule has 3 heterocycles. The Morgan fingerprint density at radius 3 is 2.87 bits per heavy atom. The van der Waals surface area contributed by atoms with E-state index in [1.165, 1.54) is 5.56 Å². The van der Waals surface area contributed by atoms with Gasteiger partial charge in [-0.25, -0.2) is 4.98 Å². The van der Waals surface area contributed by atoms with E-state index < -0.39 is 0 Å². The molecule has 1 aliphatic rings. The van der Waals surface area contributed by atoms with Gasteiger partial charge in [0.1, 0.15) is 6.61 Å². The van der Waals surface area contributed by atoms with Gasteiger partial charge in [0.2, 0.25) is 5.88 Å². The Kier molecular flexibility index (Phi) is 6.79. The number of morpholine rings is 1. The first-order chi connectivity index (χ1) is 14.8. The summed E-state index contributed by atoms with van der Waals surface area (Å²) in [5.74, 6) is 1.04. The molecule has 3 aromatic rings. The first-order valence-corrected chi connectivity index (χ1v) is 10.1. The van der Waals surface area contributed by atoms with Crippen molar-refractivity contribution in [3.63, 3.8) is 0 Å². The second kappa shape index (κ2) is 10.1. The molecule has 8 nitrogen and oxygen atoms in total. The van der Waals surface area contributed by atoms with Gasteiger partial charge in [-0.1, -0.05) is 29.8 Å². The van der Waals surface area contributed by atoms with E-state index in [-0.39, 0.29) is 0 Å². The van der Waals surface area contributed by atoms with Crippen LogP contribution in [-0.2, 0) is 11.3 Å². The fraction of sp³-hybridized carbons (Fsp3) is 0.364. The van der Waals surface area contributed by atoms with Crippen molar-refractivity contribution in [3.05, 3.63) is 66.2 Å². The Morgan fingerprint density at radius 1 is 1.17 bits per heavy atom. The van der Waals surface area contributed by atoms with E-state index in [4.69, 9.17) is 9.47 Å². The highest BCUT2D eigenvalue weighted by Gasteiger charge is 2.11. The number of hydrogen-bond acceptors (Lipinski definition) is 7. The standard InChI is InChI=1S/C22H26N6O2/c1-18-3-2-4-19(13-18)16-24-26-21-14-20(28-6-5-23-17-28)15-22(25-21)30-12-9-27-7-10-29-11-8-27/h2-6,13-15,17H,7-12,16H2,1H3. The third-order valence-electron chi connectivity index (χ3n) is 4.85. The third-order valence-corrected chi connectivity index (χ3v) is 4.85. The van der Waals surface area contributed by atoms with Gasteiger partial charge in [0.15, 0.2) is 5.82 Å². The van der Waals surface area contributed by atoms with Crippen LogP contribution in [0.5, 0.6) is 5.88 Å². The molecule has 1 fully saturated rings. The minimum absolute atomic E-state index is 0.506. The number of benzene rings is 1. The van der Waals surface area contributed by atoms with Crippen LogP contribution in [0, 0.1) is 6.92 Å². The number of pyridine rings is 1. The summed E-state index contributed by atoms with van der Waals surface area (Å²) < 4.78 is 13.2. The molecule has 2 aromatic heterocycles. The molecule has 0 amide bonds. The van der Waals surface area contributed by atoms with Crippen molar-refractivity contribution in [1.29, 1.82) is 0 Å². The van der Waals surface area contributed by atoms with Gasteiger partial charge in [-0.2, -0.15) is 10.1 Å². The summed E-state index contributed by atoms with van der Waals surface area (Å²) >= 11 is 0. The Bertz CT molecular complexity index is 968. The number of hydrogen-bond donors (Lipinski definition) is 0. The average Bonchev–Trinajstić information content (AvgIpc) is 3.30. The second-order valence-electron chi connectivity index (χ2n) is 7.18. The monoisotopic (exact) mass is 406 g/mol. The molecule has 0 N–H and O–H groups in total. The summed E-state index contributed by atoms with van der Waals surface area (Å²) in [6.45, 7) is 7.39. The molecule has 0 radical (unpaired) electrons. The first-order valence-electron chi connectivity index (χ1n) is 10.1. The number of ether oxygens (including phenoxy) is 2. The third kappa shape index (κ3) is 5.71. The molecule has 1 saturated heterocycles. The molecule has 0 saturated carbocycles. The van der Waals surface area contributed by atoms with Gasteiger partial charge in [0.25, 0.3) is 0 Å². The summed E-state index contributed by atoms with van der Waals surface area (Å²) in [6, 6.07) is 12.0. The molecule has 30 heavy (non-hydrogen) atoms. The topological polar surface area (TPSA) is 77.1 Å². The normalized spacial score (nSPS) is 15.0. The average molecular weight is 406 g/mol. The van der Waals surface area contributed by atoms with Crippen molar-refractivity contribution in [1.82, 2.24) is 19.4 Å². The maximum Gasteiger partial charge on any atom is 0.217 e. The summed E-state index contributed by atoms with van der Waals surface area (Å²) in [4.78, 5) is 11.0. The van der Waals surface area contributed by atoms with Crippen LogP contribution >= 0.6 is 0 Å². The maximum atomic E-state index is 5.94. The number of aromatic nitrogens is 3. The van der Waals surface area contributed by atoms with E-state index in [1.54, 1.807) is 12.5 Å². The Morgan fingerprint density at radius 2 is 2.07 bits per heavy atom. The number of imidazole rings is 1. The van der Waals surface area contributed by atoms with Crippen LogP contribution in [0.2, 0.25) is 0 Å². The molecule has 156 valence electrons. The molecule has 1 aliphatic heterocycles. The zero-order valence-electron chi connectivity index (χ0n) is 17.1. The lowest BCUT2D eigenvalue weighted by atomic mass is 10.1. The quantitative estimate of drug-likeness (QED) is 0.535. The fourth-order valence-electron chi connectivity index (χ4n) is 3.27. The Hall–Kier alpha value is -3.10. The predicted octanol–water partition coefficient (Wildman–Crippen LogP) is 3.57. The highest BCUT2D eigenvalue weighted by molar-refractivity contribution is 5.45. The zero-order chi connectivity index (χ0) is 20.6. The van der Waals surface area contributed by atoms with E-state index in [0.29, 0.717) is 24.8 Å². The van der Waals surface area contributed by atoms with Crippen molar-refractivity contribution in [2.75, 3.05) is 39.5 Å². The summed E-state index contributed by atoms with van der Waals surface area (Å²) in [5, 5.41) is 8.66. The fourth-order valence-corrected chi connectivity index (χ4v) is 3.27. The second-order valence-corrected chi connectivity index (χ2v) is 7.18. The van der Waals surface area contributed by atoms with E-state index in [9.17, 15) is 0 Å². The van der Waals surface area contributed by atoms with Gasteiger partial charge < -0.3 is 14.0 Å². The van der Waals surface area contributed by atoms with Crippen molar-refractivity contribution in [2.45, 2.75) is 13.5 Å². The van der Waals surface area contributed by atoms with Crippen LogP contribution in [0.4, 0.5) is 5.82 Å². The SMILES string of the molecule is Cc1cccc(CN=Nc2cc(-n3ccnc3)cc(OCCN3CCOCC3)n2)c1. The predicted molar refractivity (Wildman–Crippen MR) is 114 cm³/mol. The lowest BCUT2D eigenvalue weighted by Crippen LogP contribution is -2.38. The lowest BCUT2D eigenvalue weighted by molar-refractivity contribution is 0.0320. The van der Waals surface area contributed by atoms with Crippen molar-refractivity contribution >= 4 is 5.82 Å². The number of azo groups is 1. The van der Waals surface area contributed by atoms with Gasteiger partial charge in [0.05, 0.1) is 31.8 Å². The number of nitrogens with zero attached hydrogens (tertiary/aromatic N) is 6. The molecular formula is C22H26N6O2. The van der Waals surface area contributed by atoms with Gasteiger partial charge in [0, 0.05) is 44.2 Å². The van der Waals surface area contributed by atoms with E-state index in [0.717, 1.165) is 44.1 Å². The van der Waals surface area contributed by atoms with E-state index in [1.807, 2.05) is 35.0 Å². The van der Waals surface area contributed by atoms with Gasteiger partial charge >= 0.3 is 0 Å². The van der Waals surface area contributed by atoms with Gasteiger partial charge in [-0.3, -0.25) is 4.90 Å². The molecule has 0 spiro atoms.